The van der Waals surface area contributed by atoms with Crippen molar-refractivity contribution in [2.45, 2.75) is 25.1 Å². The van der Waals surface area contributed by atoms with E-state index in [1.54, 1.807) is 0 Å². The van der Waals surface area contributed by atoms with E-state index < -0.39 is 17.6 Å². The topological polar surface area (TPSA) is 55.6 Å². The van der Waals surface area contributed by atoms with Gasteiger partial charge >= 0.3 is 6.18 Å². The van der Waals surface area contributed by atoms with E-state index in [9.17, 15) is 18.0 Å². The summed E-state index contributed by atoms with van der Waals surface area (Å²) in [5, 5.41) is 0. The predicted octanol–water partition coefficient (Wildman–Crippen LogP) is 0.761. The molecule has 1 aliphatic rings. The van der Waals surface area contributed by atoms with Crippen LogP contribution in [-0.4, -0.2) is 49.3 Å². The zero-order valence-electron chi connectivity index (χ0n) is 9.88. The zero-order chi connectivity index (χ0) is 13.3. The van der Waals surface area contributed by atoms with Crippen LogP contribution in [0.3, 0.4) is 0 Å². The smallest absolute Gasteiger partial charge is 0.384 e. The molecule has 1 fully saturated rings. The molecule has 4 nitrogen and oxygen atoms in total. The standard InChI is InChI=1S/C10H17F3N2O2/c1-9(14,10(11,12)13)8(16)15-4-3-7(5-15)6-17-2/h7H,3-6,14H2,1-2H3. The molecular formula is C10H17F3N2O2. The van der Waals surface area contributed by atoms with Crippen LogP contribution in [0.25, 0.3) is 0 Å². The lowest BCUT2D eigenvalue weighted by molar-refractivity contribution is -0.193. The molecule has 1 heterocycles. The Morgan fingerprint density at radius 1 is 1.53 bits per heavy atom. The minimum Gasteiger partial charge on any atom is -0.384 e. The van der Waals surface area contributed by atoms with Gasteiger partial charge < -0.3 is 15.4 Å². The first kappa shape index (κ1) is 14.2. The molecule has 2 atom stereocenters. The third-order valence-electron chi connectivity index (χ3n) is 3.01. The molecule has 100 valence electrons. The van der Waals surface area contributed by atoms with Gasteiger partial charge in [-0.3, -0.25) is 4.79 Å². The van der Waals surface area contributed by atoms with Gasteiger partial charge in [-0.2, -0.15) is 13.2 Å². The number of hydrogen-bond donors (Lipinski definition) is 1. The number of carbonyl (C=O) groups excluding carboxylic acids is 1. The minimum atomic E-state index is -4.73. The molecule has 7 heteroatoms. The van der Waals surface area contributed by atoms with E-state index >= 15 is 0 Å². The Balaban J connectivity index is 2.67. The molecule has 1 amide bonds. The third-order valence-corrected chi connectivity index (χ3v) is 3.01. The summed E-state index contributed by atoms with van der Waals surface area (Å²) in [4.78, 5) is 12.9. The number of nitrogens with zero attached hydrogens (tertiary/aromatic N) is 1. The molecule has 0 aromatic carbocycles. The summed E-state index contributed by atoms with van der Waals surface area (Å²) in [7, 11) is 1.52. The van der Waals surface area contributed by atoms with Crippen LogP contribution >= 0.6 is 0 Å². The fourth-order valence-electron chi connectivity index (χ4n) is 1.84. The highest BCUT2D eigenvalue weighted by molar-refractivity contribution is 5.86. The molecule has 0 saturated carbocycles. The van der Waals surface area contributed by atoms with Crippen molar-refractivity contribution in [1.82, 2.24) is 4.90 Å². The van der Waals surface area contributed by atoms with E-state index in [4.69, 9.17) is 10.5 Å². The number of carbonyl (C=O) groups is 1. The van der Waals surface area contributed by atoms with Gasteiger partial charge in [-0.05, 0) is 13.3 Å². The van der Waals surface area contributed by atoms with Crippen molar-refractivity contribution in [3.05, 3.63) is 0 Å². The van der Waals surface area contributed by atoms with Gasteiger partial charge in [-0.25, -0.2) is 0 Å². The second-order valence-corrected chi connectivity index (χ2v) is 4.56. The second-order valence-electron chi connectivity index (χ2n) is 4.56. The van der Waals surface area contributed by atoms with Crippen LogP contribution in [0.2, 0.25) is 0 Å². The SMILES string of the molecule is COCC1CCN(C(=O)C(C)(N)C(F)(F)F)C1. The largest absolute Gasteiger partial charge is 0.415 e. The van der Waals surface area contributed by atoms with Crippen molar-refractivity contribution in [2.75, 3.05) is 26.8 Å². The quantitative estimate of drug-likeness (QED) is 0.809. The van der Waals surface area contributed by atoms with Gasteiger partial charge in [0.25, 0.3) is 5.91 Å². The first-order valence-corrected chi connectivity index (χ1v) is 5.34. The third kappa shape index (κ3) is 2.90. The Labute approximate surface area is 97.9 Å². The van der Waals surface area contributed by atoms with Gasteiger partial charge in [0.15, 0.2) is 5.54 Å². The van der Waals surface area contributed by atoms with Crippen molar-refractivity contribution in [2.24, 2.45) is 11.7 Å². The molecule has 1 rings (SSSR count). The van der Waals surface area contributed by atoms with Gasteiger partial charge in [0.2, 0.25) is 0 Å². The summed E-state index contributed by atoms with van der Waals surface area (Å²) in [6, 6.07) is 0. The zero-order valence-corrected chi connectivity index (χ0v) is 9.88. The Kier molecular flexibility index (Phi) is 4.03. The Hall–Kier alpha value is -0.820. The molecule has 0 aromatic heterocycles. The van der Waals surface area contributed by atoms with E-state index in [-0.39, 0.29) is 12.5 Å². The molecule has 1 saturated heterocycles. The maximum atomic E-state index is 12.6. The van der Waals surface area contributed by atoms with Crippen molar-refractivity contribution in [1.29, 1.82) is 0 Å². The first-order valence-electron chi connectivity index (χ1n) is 5.34. The molecule has 0 spiro atoms. The maximum absolute atomic E-state index is 12.6. The summed E-state index contributed by atoms with van der Waals surface area (Å²) in [5.74, 6) is -0.975. The maximum Gasteiger partial charge on any atom is 0.415 e. The number of amides is 1. The number of hydrogen-bond acceptors (Lipinski definition) is 3. The summed E-state index contributed by atoms with van der Waals surface area (Å²) < 4.78 is 42.7. The van der Waals surface area contributed by atoms with E-state index in [0.29, 0.717) is 26.5 Å². The summed E-state index contributed by atoms with van der Waals surface area (Å²) in [5.41, 5.74) is 2.28. The average molecular weight is 254 g/mol. The van der Waals surface area contributed by atoms with Crippen molar-refractivity contribution in [3.8, 4) is 0 Å². The van der Waals surface area contributed by atoms with Gasteiger partial charge in [0.05, 0.1) is 6.61 Å². The van der Waals surface area contributed by atoms with E-state index in [2.05, 4.69) is 0 Å². The van der Waals surface area contributed by atoms with Crippen LogP contribution in [0.1, 0.15) is 13.3 Å². The molecule has 2 N–H and O–H groups in total. The summed E-state index contributed by atoms with van der Waals surface area (Å²) >= 11 is 0. The van der Waals surface area contributed by atoms with Crippen LogP contribution in [-0.2, 0) is 9.53 Å². The number of halogens is 3. The molecular weight excluding hydrogens is 237 g/mol. The van der Waals surface area contributed by atoms with Gasteiger partial charge in [0.1, 0.15) is 0 Å². The van der Waals surface area contributed by atoms with Crippen molar-refractivity contribution in [3.63, 3.8) is 0 Å². The van der Waals surface area contributed by atoms with Crippen molar-refractivity contribution < 1.29 is 22.7 Å². The highest BCUT2D eigenvalue weighted by atomic mass is 19.4. The molecule has 17 heavy (non-hydrogen) atoms. The van der Waals surface area contributed by atoms with E-state index in [1.165, 1.54) is 7.11 Å². The minimum absolute atomic E-state index is 0.0907. The molecule has 0 aliphatic carbocycles. The number of rotatable bonds is 3. The monoisotopic (exact) mass is 254 g/mol. The highest BCUT2D eigenvalue weighted by Gasteiger charge is 2.55. The fraction of sp³-hybridized carbons (Fsp3) is 0.900. The van der Waals surface area contributed by atoms with Crippen LogP contribution in [0.5, 0.6) is 0 Å². The highest BCUT2D eigenvalue weighted by Crippen LogP contribution is 2.31. The number of nitrogens with two attached hydrogens (primary N) is 1. The predicted molar refractivity (Wildman–Crippen MR) is 55.2 cm³/mol. The Bertz CT molecular complexity index is 292. The van der Waals surface area contributed by atoms with Crippen LogP contribution in [0, 0.1) is 5.92 Å². The molecule has 2 unspecified atom stereocenters. The van der Waals surface area contributed by atoms with Crippen LogP contribution in [0.15, 0.2) is 0 Å². The molecule has 0 bridgehead atoms. The average Bonchev–Trinajstić information content (AvgIpc) is 2.64. The molecule has 0 aromatic rings. The summed E-state index contributed by atoms with van der Waals surface area (Å²) in [6.45, 7) is 1.72. The molecule has 1 aliphatic heterocycles. The van der Waals surface area contributed by atoms with Gasteiger partial charge in [-0.15, -0.1) is 0 Å². The first-order chi connectivity index (χ1) is 7.70. The van der Waals surface area contributed by atoms with Gasteiger partial charge in [-0.1, -0.05) is 0 Å². The van der Waals surface area contributed by atoms with E-state index in [1.807, 2.05) is 0 Å². The number of ether oxygens (including phenoxy) is 1. The van der Waals surface area contributed by atoms with Crippen molar-refractivity contribution >= 4 is 5.91 Å². The molecule has 0 radical (unpaired) electrons. The number of likely N-dealkylation sites (tertiary alicyclic amines) is 1. The number of alkyl halides is 3. The summed E-state index contributed by atoms with van der Waals surface area (Å²) in [6.07, 6.45) is -4.09. The lowest BCUT2D eigenvalue weighted by atomic mass is 10.0. The second kappa shape index (κ2) is 4.81. The Morgan fingerprint density at radius 2 is 2.12 bits per heavy atom. The van der Waals surface area contributed by atoms with E-state index in [0.717, 1.165) is 4.90 Å². The number of methoxy groups -OCH3 is 1. The lowest BCUT2D eigenvalue weighted by Gasteiger charge is -2.30. The Morgan fingerprint density at radius 3 is 2.59 bits per heavy atom. The lowest BCUT2D eigenvalue weighted by Crippen LogP contribution is -2.61. The van der Waals surface area contributed by atoms with Crippen LogP contribution in [0.4, 0.5) is 13.2 Å². The van der Waals surface area contributed by atoms with Gasteiger partial charge in [0, 0.05) is 26.1 Å². The van der Waals surface area contributed by atoms with Crippen LogP contribution < -0.4 is 5.73 Å². The fourth-order valence-corrected chi connectivity index (χ4v) is 1.84. The normalized spacial score (nSPS) is 24.8.